The van der Waals surface area contributed by atoms with Crippen molar-refractivity contribution >= 4 is 63.4 Å². The fourth-order valence-corrected chi connectivity index (χ4v) is 4.67. The second-order valence-corrected chi connectivity index (χ2v) is 8.96. The Morgan fingerprint density at radius 1 is 1.00 bits per heavy atom. The third-order valence-corrected chi connectivity index (χ3v) is 6.55. The van der Waals surface area contributed by atoms with Gasteiger partial charge in [0.1, 0.15) is 11.4 Å². The maximum atomic E-state index is 14.5. The van der Waals surface area contributed by atoms with Gasteiger partial charge in [0.2, 0.25) is 0 Å². The number of halogens is 2. The topological polar surface area (TPSA) is 54.3 Å². The van der Waals surface area contributed by atoms with Gasteiger partial charge in [0.25, 0.3) is 11.8 Å². The van der Waals surface area contributed by atoms with Gasteiger partial charge in [-0.25, -0.2) is 9.29 Å². The molecule has 1 N–H and O–H groups in total. The first-order chi connectivity index (χ1) is 16.8. The molecular formula is C27H19ClFN3O2S. The lowest BCUT2D eigenvalue weighted by Crippen LogP contribution is -2.54. The fourth-order valence-electron chi connectivity index (χ4n) is 4.27. The van der Waals surface area contributed by atoms with Crippen molar-refractivity contribution in [2.24, 2.45) is 0 Å². The van der Waals surface area contributed by atoms with Gasteiger partial charge in [0.05, 0.1) is 5.69 Å². The molecule has 0 radical (unpaired) electrons. The van der Waals surface area contributed by atoms with Gasteiger partial charge in [-0.2, -0.15) is 0 Å². The van der Waals surface area contributed by atoms with Crippen LogP contribution in [0.3, 0.4) is 0 Å². The minimum atomic E-state index is -0.683. The Kier molecular flexibility index (Phi) is 5.96. The second kappa shape index (κ2) is 9.09. The monoisotopic (exact) mass is 503 g/mol. The number of fused-ring (bicyclic) bond motifs is 1. The molecule has 3 aromatic carbocycles. The fraction of sp³-hybridized carbons (Fsp3) is 0.0741. The number of rotatable bonds is 4. The number of aromatic nitrogens is 1. The number of carbonyl (C=O) groups is 2. The Morgan fingerprint density at radius 3 is 2.43 bits per heavy atom. The van der Waals surface area contributed by atoms with Gasteiger partial charge in [-0.1, -0.05) is 54.1 Å². The highest BCUT2D eigenvalue weighted by molar-refractivity contribution is 7.80. The van der Waals surface area contributed by atoms with Crippen molar-refractivity contribution in [1.82, 2.24) is 9.88 Å². The lowest BCUT2D eigenvalue weighted by Gasteiger charge is -2.29. The normalized spacial score (nSPS) is 15.2. The third kappa shape index (κ3) is 4.13. The Hall–Kier alpha value is -3.81. The summed E-state index contributed by atoms with van der Waals surface area (Å²) in [5.41, 5.74) is 3.47. The van der Waals surface area contributed by atoms with E-state index in [-0.39, 0.29) is 16.4 Å². The molecule has 8 heteroatoms. The van der Waals surface area contributed by atoms with E-state index in [1.54, 1.807) is 12.1 Å². The van der Waals surface area contributed by atoms with E-state index in [4.69, 9.17) is 23.8 Å². The standard InChI is InChI=1S/C27H19ClFN3O2S/c1-16-20(19-6-2-4-8-23(19)31(16)15-17-10-12-18(28)13-11-17)14-21-25(33)30-27(35)32(26(21)34)24-9-5-3-7-22(24)29/h2-14H,15H2,1H3,(H,30,33,35)/b21-14+. The smallest absolute Gasteiger partial charge is 0.270 e. The Morgan fingerprint density at radius 2 is 1.69 bits per heavy atom. The highest BCUT2D eigenvalue weighted by Crippen LogP contribution is 2.31. The molecule has 1 saturated heterocycles. The van der Waals surface area contributed by atoms with E-state index in [1.807, 2.05) is 55.5 Å². The first-order valence-electron chi connectivity index (χ1n) is 10.8. The molecule has 1 aliphatic heterocycles. The number of amides is 2. The van der Waals surface area contributed by atoms with Crippen LogP contribution < -0.4 is 10.2 Å². The van der Waals surface area contributed by atoms with Gasteiger partial charge in [0.15, 0.2) is 5.11 Å². The Labute approximate surface area is 211 Å². The molecule has 0 aliphatic carbocycles. The molecule has 1 aromatic heterocycles. The zero-order valence-corrected chi connectivity index (χ0v) is 20.2. The summed E-state index contributed by atoms with van der Waals surface area (Å²) in [7, 11) is 0. The van der Waals surface area contributed by atoms with Crippen LogP contribution in [0.5, 0.6) is 0 Å². The van der Waals surface area contributed by atoms with Crippen LogP contribution >= 0.6 is 23.8 Å². The summed E-state index contributed by atoms with van der Waals surface area (Å²) in [6.45, 7) is 2.52. The van der Waals surface area contributed by atoms with E-state index in [0.717, 1.165) is 32.6 Å². The lowest BCUT2D eigenvalue weighted by molar-refractivity contribution is -0.122. The molecule has 0 spiro atoms. The molecule has 1 fully saturated rings. The molecule has 0 saturated carbocycles. The number of hydrogen-bond donors (Lipinski definition) is 1. The number of carbonyl (C=O) groups excluding carboxylic acids is 2. The van der Waals surface area contributed by atoms with Crippen molar-refractivity contribution in [1.29, 1.82) is 0 Å². The summed E-state index contributed by atoms with van der Waals surface area (Å²) in [6, 6.07) is 21.2. The Balaban J connectivity index is 1.62. The average molecular weight is 504 g/mol. The second-order valence-electron chi connectivity index (χ2n) is 8.14. The number of anilines is 1. The van der Waals surface area contributed by atoms with Crippen LogP contribution in [0.2, 0.25) is 5.02 Å². The lowest BCUT2D eigenvalue weighted by atomic mass is 10.0. The number of benzene rings is 3. The summed E-state index contributed by atoms with van der Waals surface area (Å²) in [5.74, 6) is -1.92. The van der Waals surface area contributed by atoms with Gasteiger partial charge in [-0.15, -0.1) is 0 Å². The SMILES string of the molecule is Cc1c(/C=C2\C(=O)NC(=S)N(c3ccccc3F)C2=O)c2ccccc2n1Cc1ccc(Cl)cc1. The number of para-hydroxylation sites is 2. The molecular weight excluding hydrogens is 485 g/mol. The predicted molar refractivity (Wildman–Crippen MR) is 140 cm³/mol. The van der Waals surface area contributed by atoms with E-state index < -0.39 is 17.6 Å². The van der Waals surface area contributed by atoms with Crippen LogP contribution in [0, 0.1) is 12.7 Å². The van der Waals surface area contributed by atoms with Crippen LogP contribution in [0.25, 0.3) is 17.0 Å². The summed E-state index contributed by atoms with van der Waals surface area (Å²) < 4.78 is 16.6. The van der Waals surface area contributed by atoms with Gasteiger partial charge in [0, 0.05) is 33.7 Å². The molecule has 0 bridgehead atoms. The summed E-state index contributed by atoms with van der Waals surface area (Å²) in [4.78, 5) is 27.2. The van der Waals surface area contributed by atoms with Crippen molar-refractivity contribution < 1.29 is 14.0 Å². The van der Waals surface area contributed by atoms with Crippen molar-refractivity contribution in [3.63, 3.8) is 0 Å². The minimum Gasteiger partial charge on any atom is -0.340 e. The summed E-state index contributed by atoms with van der Waals surface area (Å²) >= 11 is 11.2. The maximum Gasteiger partial charge on any atom is 0.270 e. The molecule has 2 heterocycles. The molecule has 5 nitrogen and oxygen atoms in total. The van der Waals surface area contributed by atoms with Gasteiger partial charge in [-0.05, 0) is 61.1 Å². The molecule has 2 amide bonds. The average Bonchev–Trinajstić information content (AvgIpc) is 3.10. The Bertz CT molecular complexity index is 1540. The number of nitrogens with one attached hydrogen (secondary N) is 1. The molecule has 5 rings (SSSR count). The summed E-state index contributed by atoms with van der Waals surface area (Å²) in [5, 5.41) is 3.90. The zero-order chi connectivity index (χ0) is 24.7. The molecule has 0 atom stereocenters. The van der Waals surface area contributed by atoms with Crippen molar-refractivity contribution in [3.05, 3.63) is 106 Å². The van der Waals surface area contributed by atoms with Gasteiger partial charge >= 0.3 is 0 Å². The van der Waals surface area contributed by atoms with Crippen molar-refractivity contribution in [3.8, 4) is 0 Å². The number of thiocarbonyl (C=S) groups is 1. The van der Waals surface area contributed by atoms with Crippen LogP contribution in [-0.4, -0.2) is 21.5 Å². The van der Waals surface area contributed by atoms with E-state index in [9.17, 15) is 14.0 Å². The third-order valence-electron chi connectivity index (χ3n) is 6.02. The van der Waals surface area contributed by atoms with E-state index >= 15 is 0 Å². The predicted octanol–water partition coefficient (Wildman–Crippen LogP) is 5.62. The highest BCUT2D eigenvalue weighted by atomic mass is 35.5. The number of hydrogen-bond acceptors (Lipinski definition) is 3. The van der Waals surface area contributed by atoms with Gasteiger partial charge < -0.3 is 4.57 Å². The minimum absolute atomic E-state index is 0.0183. The first kappa shape index (κ1) is 23.0. The van der Waals surface area contributed by atoms with Crippen LogP contribution in [0.1, 0.15) is 16.8 Å². The largest absolute Gasteiger partial charge is 0.340 e. The van der Waals surface area contributed by atoms with E-state index in [1.165, 1.54) is 18.2 Å². The molecule has 4 aromatic rings. The van der Waals surface area contributed by atoms with Crippen LogP contribution in [0.4, 0.5) is 10.1 Å². The quantitative estimate of drug-likeness (QED) is 0.223. The van der Waals surface area contributed by atoms with Gasteiger partial charge in [-0.3, -0.25) is 14.9 Å². The zero-order valence-electron chi connectivity index (χ0n) is 18.6. The molecule has 35 heavy (non-hydrogen) atoms. The highest BCUT2D eigenvalue weighted by Gasteiger charge is 2.36. The maximum absolute atomic E-state index is 14.5. The van der Waals surface area contributed by atoms with Crippen LogP contribution in [-0.2, 0) is 16.1 Å². The van der Waals surface area contributed by atoms with Crippen LogP contribution in [0.15, 0.2) is 78.4 Å². The van der Waals surface area contributed by atoms with Crippen molar-refractivity contribution in [2.75, 3.05) is 4.90 Å². The summed E-state index contributed by atoms with van der Waals surface area (Å²) in [6.07, 6.45) is 1.56. The first-order valence-corrected chi connectivity index (χ1v) is 11.6. The van der Waals surface area contributed by atoms with E-state index in [2.05, 4.69) is 9.88 Å². The van der Waals surface area contributed by atoms with E-state index in [0.29, 0.717) is 11.6 Å². The van der Waals surface area contributed by atoms with Crippen molar-refractivity contribution in [2.45, 2.75) is 13.5 Å². The molecule has 0 unspecified atom stereocenters. The molecule has 1 aliphatic rings. The molecule has 174 valence electrons. The number of nitrogens with zero attached hydrogens (tertiary/aromatic N) is 2.